The summed E-state index contributed by atoms with van der Waals surface area (Å²) in [5.41, 5.74) is 0.167. The number of hydrogen-bond acceptors (Lipinski definition) is 5. The van der Waals surface area contributed by atoms with E-state index in [2.05, 4.69) is 5.32 Å². The van der Waals surface area contributed by atoms with Gasteiger partial charge in [0.05, 0.1) is 17.4 Å². The summed E-state index contributed by atoms with van der Waals surface area (Å²) < 4.78 is 23.1. The van der Waals surface area contributed by atoms with E-state index in [4.69, 9.17) is 5.11 Å². The van der Waals surface area contributed by atoms with Gasteiger partial charge in [0.2, 0.25) is 0 Å². The number of thiophene rings is 1. The minimum absolute atomic E-state index is 0.0380. The number of carbonyl (C=O) groups is 2. The Bertz CT molecular complexity index is 812. The lowest BCUT2D eigenvalue weighted by Gasteiger charge is -2.15. The van der Waals surface area contributed by atoms with Crippen molar-refractivity contribution in [1.82, 2.24) is 5.32 Å². The molecular weight excluding hydrogens is 338 g/mol. The molecule has 0 unspecified atom stereocenters. The lowest BCUT2D eigenvalue weighted by Crippen LogP contribution is -2.29. The standard InChI is InChI=1S/C15H15NO5S2/c1-23(20,21)11-5-2-4-10(8-11)15(19)16-12(9-14(17)18)13-6-3-7-22-13/h2-8,12H,9H2,1H3,(H,16,19)(H,17,18)/t12-/m1/s1. The number of hydrogen-bond donors (Lipinski definition) is 2. The van der Waals surface area contributed by atoms with E-state index in [0.717, 1.165) is 11.1 Å². The molecule has 0 fully saturated rings. The summed E-state index contributed by atoms with van der Waals surface area (Å²) in [5, 5.41) is 13.4. The highest BCUT2D eigenvalue weighted by atomic mass is 32.2. The third-order valence-electron chi connectivity index (χ3n) is 3.10. The van der Waals surface area contributed by atoms with E-state index in [1.807, 2.05) is 0 Å². The van der Waals surface area contributed by atoms with Crippen LogP contribution >= 0.6 is 11.3 Å². The number of aliphatic carboxylic acids is 1. The maximum absolute atomic E-state index is 12.3. The normalized spacial score (nSPS) is 12.6. The summed E-state index contributed by atoms with van der Waals surface area (Å²) in [7, 11) is -3.42. The van der Waals surface area contributed by atoms with Crippen LogP contribution in [0.4, 0.5) is 0 Å². The van der Waals surface area contributed by atoms with Crippen LogP contribution in [0.15, 0.2) is 46.7 Å². The fourth-order valence-electron chi connectivity index (χ4n) is 2.00. The second kappa shape index (κ2) is 6.93. The van der Waals surface area contributed by atoms with Gasteiger partial charge >= 0.3 is 5.97 Å². The van der Waals surface area contributed by atoms with Crippen LogP contribution in [-0.4, -0.2) is 31.7 Å². The van der Waals surface area contributed by atoms with Crippen molar-refractivity contribution in [3.8, 4) is 0 Å². The highest BCUT2D eigenvalue weighted by Crippen LogP contribution is 2.23. The average molecular weight is 353 g/mol. The molecule has 1 aromatic carbocycles. The summed E-state index contributed by atoms with van der Waals surface area (Å²) in [4.78, 5) is 24.1. The molecule has 0 saturated heterocycles. The van der Waals surface area contributed by atoms with Crippen LogP contribution in [0.2, 0.25) is 0 Å². The molecule has 2 aromatic rings. The number of carboxylic acid groups (broad SMARTS) is 1. The third-order valence-corrected chi connectivity index (χ3v) is 5.19. The molecule has 2 rings (SSSR count). The molecule has 0 spiro atoms. The second-order valence-electron chi connectivity index (χ2n) is 4.94. The highest BCUT2D eigenvalue weighted by molar-refractivity contribution is 7.90. The van der Waals surface area contributed by atoms with E-state index in [1.54, 1.807) is 17.5 Å². The molecule has 0 aliphatic rings. The van der Waals surface area contributed by atoms with Gasteiger partial charge < -0.3 is 10.4 Å². The van der Waals surface area contributed by atoms with Gasteiger partial charge in [0.1, 0.15) is 0 Å². The number of nitrogens with one attached hydrogen (secondary N) is 1. The van der Waals surface area contributed by atoms with Crippen LogP contribution in [0.25, 0.3) is 0 Å². The molecule has 1 heterocycles. The SMILES string of the molecule is CS(=O)(=O)c1cccc(C(=O)N[C@H](CC(=O)O)c2cccs2)c1. The molecule has 122 valence electrons. The van der Waals surface area contributed by atoms with Crippen LogP contribution in [0.5, 0.6) is 0 Å². The molecule has 23 heavy (non-hydrogen) atoms. The van der Waals surface area contributed by atoms with Gasteiger partial charge in [-0.15, -0.1) is 11.3 Å². The quantitative estimate of drug-likeness (QED) is 0.828. The number of sulfone groups is 1. The third kappa shape index (κ3) is 4.64. The zero-order valence-corrected chi connectivity index (χ0v) is 13.9. The smallest absolute Gasteiger partial charge is 0.305 e. The first-order valence-corrected chi connectivity index (χ1v) is 9.40. The minimum Gasteiger partial charge on any atom is -0.481 e. The monoisotopic (exact) mass is 353 g/mol. The zero-order chi connectivity index (χ0) is 17.0. The van der Waals surface area contributed by atoms with Crippen molar-refractivity contribution in [2.75, 3.05) is 6.26 Å². The lowest BCUT2D eigenvalue weighted by atomic mass is 10.1. The summed E-state index contributed by atoms with van der Waals surface area (Å²) in [6.45, 7) is 0. The van der Waals surface area contributed by atoms with E-state index in [9.17, 15) is 18.0 Å². The van der Waals surface area contributed by atoms with Crippen LogP contribution < -0.4 is 5.32 Å². The molecule has 0 bridgehead atoms. The molecule has 0 saturated carbocycles. The maximum atomic E-state index is 12.3. The number of carbonyl (C=O) groups excluding carboxylic acids is 1. The Morgan fingerprint density at radius 3 is 2.57 bits per heavy atom. The van der Waals surface area contributed by atoms with Crippen LogP contribution in [0, 0.1) is 0 Å². The number of carboxylic acids is 1. The Balaban J connectivity index is 2.24. The molecular formula is C15H15NO5S2. The van der Waals surface area contributed by atoms with E-state index in [1.165, 1.54) is 35.6 Å². The second-order valence-corrected chi connectivity index (χ2v) is 7.93. The van der Waals surface area contributed by atoms with Crippen molar-refractivity contribution < 1.29 is 23.1 Å². The topological polar surface area (TPSA) is 101 Å². The molecule has 0 aliphatic carbocycles. The molecule has 2 N–H and O–H groups in total. The Morgan fingerprint density at radius 2 is 2.00 bits per heavy atom. The summed E-state index contributed by atoms with van der Waals surface area (Å²) in [6.07, 6.45) is 0.806. The van der Waals surface area contributed by atoms with Gasteiger partial charge in [-0.05, 0) is 29.6 Å². The number of amides is 1. The van der Waals surface area contributed by atoms with E-state index in [0.29, 0.717) is 0 Å². The van der Waals surface area contributed by atoms with E-state index in [-0.39, 0.29) is 16.9 Å². The molecule has 0 aliphatic heterocycles. The van der Waals surface area contributed by atoms with Gasteiger partial charge in [-0.2, -0.15) is 0 Å². The lowest BCUT2D eigenvalue weighted by molar-refractivity contribution is -0.137. The van der Waals surface area contributed by atoms with Gasteiger partial charge in [0.15, 0.2) is 9.84 Å². The number of rotatable bonds is 6. The van der Waals surface area contributed by atoms with Crippen molar-refractivity contribution >= 4 is 33.1 Å². The first-order valence-electron chi connectivity index (χ1n) is 6.63. The highest BCUT2D eigenvalue weighted by Gasteiger charge is 2.20. The van der Waals surface area contributed by atoms with Gasteiger partial charge in [-0.25, -0.2) is 8.42 Å². The van der Waals surface area contributed by atoms with Gasteiger partial charge in [0.25, 0.3) is 5.91 Å². The summed E-state index contributed by atoms with van der Waals surface area (Å²) >= 11 is 1.34. The molecule has 1 atom stereocenters. The Labute approximate surface area is 137 Å². The van der Waals surface area contributed by atoms with Crippen LogP contribution in [0.3, 0.4) is 0 Å². The fraction of sp³-hybridized carbons (Fsp3) is 0.200. The van der Waals surface area contributed by atoms with E-state index < -0.39 is 27.8 Å². The van der Waals surface area contributed by atoms with Crippen LogP contribution in [0.1, 0.15) is 27.7 Å². The van der Waals surface area contributed by atoms with Gasteiger partial charge in [-0.3, -0.25) is 9.59 Å². The maximum Gasteiger partial charge on any atom is 0.305 e. The Kier molecular flexibility index (Phi) is 5.17. The van der Waals surface area contributed by atoms with Gasteiger partial charge in [0, 0.05) is 16.7 Å². The number of benzene rings is 1. The van der Waals surface area contributed by atoms with Gasteiger partial charge in [-0.1, -0.05) is 12.1 Å². The van der Waals surface area contributed by atoms with Crippen molar-refractivity contribution in [2.24, 2.45) is 0 Å². The Morgan fingerprint density at radius 1 is 1.26 bits per heavy atom. The summed E-state index contributed by atoms with van der Waals surface area (Å²) in [5.74, 6) is -1.55. The van der Waals surface area contributed by atoms with Crippen molar-refractivity contribution in [3.05, 3.63) is 52.2 Å². The first kappa shape index (κ1) is 17.2. The predicted octanol–water partition coefficient (Wildman–Crippen LogP) is 2.10. The van der Waals surface area contributed by atoms with Crippen molar-refractivity contribution in [1.29, 1.82) is 0 Å². The molecule has 1 amide bonds. The zero-order valence-electron chi connectivity index (χ0n) is 12.2. The molecule has 6 nitrogen and oxygen atoms in total. The molecule has 8 heteroatoms. The fourth-order valence-corrected chi connectivity index (χ4v) is 3.44. The molecule has 1 aromatic heterocycles. The van der Waals surface area contributed by atoms with E-state index >= 15 is 0 Å². The Hall–Kier alpha value is -2.19. The molecule has 0 radical (unpaired) electrons. The van der Waals surface area contributed by atoms with Crippen molar-refractivity contribution in [3.63, 3.8) is 0 Å². The minimum atomic E-state index is -3.42. The predicted molar refractivity (Wildman–Crippen MR) is 86.3 cm³/mol. The largest absolute Gasteiger partial charge is 0.481 e. The first-order chi connectivity index (χ1) is 10.8. The van der Waals surface area contributed by atoms with Crippen molar-refractivity contribution in [2.45, 2.75) is 17.4 Å². The summed E-state index contributed by atoms with van der Waals surface area (Å²) in [6, 6.07) is 8.48. The van der Waals surface area contributed by atoms with Crippen LogP contribution in [-0.2, 0) is 14.6 Å². The average Bonchev–Trinajstić information content (AvgIpc) is 2.99.